The van der Waals surface area contributed by atoms with Crippen LogP contribution in [-0.4, -0.2) is 17.7 Å². The molecule has 0 unspecified atom stereocenters. The quantitative estimate of drug-likeness (QED) is 0.500. The molecule has 0 radical (unpaired) electrons. The van der Waals surface area contributed by atoms with Gasteiger partial charge in [-0.2, -0.15) is 0 Å². The maximum Gasteiger partial charge on any atom is 0.341 e. The summed E-state index contributed by atoms with van der Waals surface area (Å²) >= 11 is 0. The zero-order chi connectivity index (χ0) is 16.8. The molecule has 4 heteroatoms. The van der Waals surface area contributed by atoms with E-state index in [1.165, 1.54) is 0 Å². The summed E-state index contributed by atoms with van der Waals surface area (Å²) in [5, 5.41) is 8.83. The fourth-order valence-electron chi connectivity index (χ4n) is 2.18. The van der Waals surface area contributed by atoms with Gasteiger partial charge in [-0.05, 0) is 35.7 Å². The summed E-state index contributed by atoms with van der Waals surface area (Å²) < 4.78 is 19.2. The second kappa shape index (κ2) is 7.70. The number of carbonyl (C=O) groups excluding carboxylic acids is 1. The van der Waals surface area contributed by atoms with Gasteiger partial charge in [0.1, 0.15) is 11.6 Å². The molecule has 2 rings (SSSR count). The van der Waals surface area contributed by atoms with Crippen LogP contribution in [0.1, 0.15) is 18.9 Å². The number of hydrogen-bond donors (Lipinski definition) is 1. The molecule has 0 spiro atoms. The molecule has 120 valence electrons. The van der Waals surface area contributed by atoms with Crippen molar-refractivity contribution in [3.05, 3.63) is 66.0 Å². The van der Waals surface area contributed by atoms with E-state index in [0.717, 1.165) is 18.4 Å². The number of halogens is 1. The molecule has 0 saturated heterocycles. The third-order valence-electron chi connectivity index (χ3n) is 3.43. The van der Waals surface area contributed by atoms with Crippen LogP contribution >= 0.6 is 0 Å². The number of hydrogen-bond acceptors (Lipinski definition) is 3. The van der Waals surface area contributed by atoms with Gasteiger partial charge in [-0.25, -0.2) is 9.18 Å². The van der Waals surface area contributed by atoms with E-state index in [4.69, 9.17) is 9.84 Å². The molecular formula is C19H19FO3. The maximum absolute atomic E-state index is 14.2. The predicted molar refractivity (Wildman–Crippen MR) is 87.7 cm³/mol. The summed E-state index contributed by atoms with van der Waals surface area (Å²) in [4.78, 5) is 11.5. The topological polar surface area (TPSA) is 46.5 Å². The van der Waals surface area contributed by atoms with Crippen LogP contribution in [0.3, 0.4) is 0 Å². The third-order valence-corrected chi connectivity index (χ3v) is 3.43. The Morgan fingerprint density at radius 1 is 1.22 bits per heavy atom. The smallest absolute Gasteiger partial charge is 0.341 e. The lowest BCUT2D eigenvalue weighted by Gasteiger charge is -2.08. The molecule has 0 atom stereocenters. The fourth-order valence-corrected chi connectivity index (χ4v) is 2.18. The molecule has 0 bridgehead atoms. The number of ether oxygens (including phenoxy) is 1. The summed E-state index contributed by atoms with van der Waals surface area (Å²) in [6, 6.07) is 11.8. The Morgan fingerprint density at radius 2 is 1.91 bits per heavy atom. The molecular weight excluding hydrogens is 295 g/mol. The lowest BCUT2D eigenvalue weighted by Crippen LogP contribution is -2.12. The molecule has 0 aliphatic carbocycles. The largest absolute Gasteiger partial charge is 0.423 e. The number of aliphatic hydroxyl groups excluding tert-OH is 1. The van der Waals surface area contributed by atoms with Crippen LogP contribution in [0.5, 0.6) is 5.75 Å². The molecule has 0 heterocycles. The van der Waals surface area contributed by atoms with E-state index >= 15 is 0 Å². The van der Waals surface area contributed by atoms with E-state index < -0.39 is 12.6 Å². The van der Waals surface area contributed by atoms with Crippen molar-refractivity contribution in [2.24, 2.45) is 0 Å². The first kappa shape index (κ1) is 16.9. The summed E-state index contributed by atoms with van der Waals surface area (Å²) in [6.07, 6.45) is 1.82. The molecule has 1 N–H and O–H groups in total. The number of carbonyl (C=O) groups is 1. The number of aliphatic hydroxyl groups is 1. The third kappa shape index (κ3) is 4.27. The van der Waals surface area contributed by atoms with Crippen molar-refractivity contribution in [2.45, 2.75) is 19.8 Å². The van der Waals surface area contributed by atoms with Gasteiger partial charge in [0.25, 0.3) is 0 Å². The van der Waals surface area contributed by atoms with Gasteiger partial charge in [-0.1, -0.05) is 44.2 Å². The maximum atomic E-state index is 14.2. The van der Waals surface area contributed by atoms with Crippen LogP contribution in [0.15, 0.2) is 54.6 Å². The highest BCUT2D eigenvalue weighted by Gasteiger charge is 2.10. The van der Waals surface area contributed by atoms with Crippen molar-refractivity contribution in [2.75, 3.05) is 6.61 Å². The zero-order valence-electron chi connectivity index (χ0n) is 13.0. The van der Waals surface area contributed by atoms with Gasteiger partial charge < -0.3 is 9.84 Å². The van der Waals surface area contributed by atoms with Gasteiger partial charge in [0.2, 0.25) is 0 Å². The average molecular weight is 314 g/mol. The first-order valence-corrected chi connectivity index (χ1v) is 7.44. The van der Waals surface area contributed by atoms with E-state index in [1.54, 1.807) is 36.4 Å². The van der Waals surface area contributed by atoms with Gasteiger partial charge in [-0.3, -0.25) is 0 Å². The summed E-state index contributed by atoms with van der Waals surface area (Å²) in [6.45, 7) is 5.00. The predicted octanol–water partition coefficient (Wildman–Crippen LogP) is 3.90. The molecule has 0 aromatic heterocycles. The van der Waals surface area contributed by atoms with Gasteiger partial charge in [-0.15, -0.1) is 0 Å². The highest BCUT2D eigenvalue weighted by molar-refractivity contribution is 5.89. The first-order chi connectivity index (χ1) is 11.0. The lowest BCUT2D eigenvalue weighted by molar-refractivity contribution is -0.130. The minimum absolute atomic E-state index is 0.0216. The first-order valence-electron chi connectivity index (χ1n) is 7.44. The van der Waals surface area contributed by atoms with E-state index in [1.807, 2.05) is 6.07 Å². The summed E-state index contributed by atoms with van der Waals surface area (Å²) in [7, 11) is 0. The molecule has 0 saturated carbocycles. The Bertz CT molecular complexity index is 705. The molecule has 0 amide bonds. The van der Waals surface area contributed by atoms with E-state index in [-0.39, 0.29) is 11.4 Å². The van der Waals surface area contributed by atoms with Crippen LogP contribution in [-0.2, 0) is 11.2 Å². The number of aryl methyl sites for hydroxylation is 1. The Balaban J connectivity index is 2.16. The molecule has 0 fully saturated rings. The second-order valence-electron chi connectivity index (χ2n) is 5.24. The van der Waals surface area contributed by atoms with E-state index in [9.17, 15) is 9.18 Å². The highest BCUT2D eigenvalue weighted by atomic mass is 19.1. The van der Waals surface area contributed by atoms with Crippen LogP contribution in [0.25, 0.3) is 11.1 Å². The monoisotopic (exact) mass is 314 g/mol. The summed E-state index contributed by atoms with van der Waals surface area (Å²) in [5.74, 6) is -0.638. The number of benzene rings is 2. The minimum atomic E-state index is -0.685. The van der Waals surface area contributed by atoms with Crippen molar-refractivity contribution in [1.29, 1.82) is 0 Å². The van der Waals surface area contributed by atoms with Crippen molar-refractivity contribution in [3.63, 3.8) is 0 Å². The zero-order valence-corrected chi connectivity index (χ0v) is 13.0. The van der Waals surface area contributed by atoms with Crippen molar-refractivity contribution in [3.8, 4) is 16.9 Å². The van der Waals surface area contributed by atoms with Crippen molar-refractivity contribution in [1.82, 2.24) is 0 Å². The Labute approximate surface area is 135 Å². The Hall–Kier alpha value is -2.46. The number of esters is 1. The Kier molecular flexibility index (Phi) is 5.66. The van der Waals surface area contributed by atoms with E-state index in [0.29, 0.717) is 16.9 Å². The molecule has 23 heavy (non-hydrogen) atoms. The standard InChI is InChI=1S/C19H19FO3/c1-3-4-14-5-10-17(18(20)11-14)15-6-8-16(9-7-15)23-19(22)13(2)12-21/h5-11,21H,2-4,12H2,1H3. The molecule has 0 aliphatic rings. The van der Waals surface area contributed by atoms with E-state index in [2.05, 4.69) is 13.5 Å². The Morgan fingerprint density at radius 3 is 2.48 bits per heavy atom. The molecule has 0 aliphatic heterocycles. The second-order valence-corrected chi connectivity index (χ2v) is 5.24. The lowest BCUT2D eigenvalue weighted by atomic mass is 10.0. The fraction of sp³-hybridized carbons (Fsp3) is 0.211. The minimum Gasteiger partial charge on any atom is -0.423 e. The average Bonchev–Trinajstić information content (AvgIpc) is 2.55. The van der Waals surface area contributed by atoms with Crippen molar-refractivity contribution < 1.29 is 19.0 Å². The molecule has 3 nitrogen and oxygen atoms in total. The van der Waals surface area contributed by atoms with Crippen LogP contribution in [0, 0.1) is 5.82 Å². The van der Waals surface area contributed by atoms with Gasteiger partial charge >= 0.3 is 5.97 Å². The van der Waals surface area contributed by atoms with Gasteiger partial charge in [0.05, 0.1) is 12.2 Å². The van der Waals surface area contributed by atoms with Crippen molar-refractivity contribution >= 4 is 5.97 Å². The van der Waals surface area contributed by atoms with Gasteiger partial charge in [0, 0.05) is 5.56 Å². The highest BCUT2D eigenvalue weighted by Crippen LogP contribution is 2.26. The number of rotatable bonds is 6. The van der Waals surface area contributed by atoms with Crippen LogP contribution < -0.4 is 4.74 Å². The SMILES string of the molecule is C=C(CO)C(=O)Oc1ccc(-c2ccc(CCC)cc2F)cc1. The summed E-state index contributed by atoms with van der Waals surface area (Å²) in [5.41, 5.74) is 2.15. The van der Waals surface area contributed by atoms with Crippen LogP contribution in [0.2, 0.25) is 0 Å². The molecule has 2 aromatic rings. The van der Waals surface area contributed by atoms with Crippen LogP contribution in [0.4, 0.5) is 4.39 Å². The van der Waals surface area contributed by atoms with Gasteiger partial charge in [0.15, 0.2) is 0 Å². The normalized spacial score (nSPS) is 10.4. The molecule has 2 aromatic carbocycles.